The Kier molecular flexibility index (Phi) is 12.1. The van der Waals surface area contributed by atoms with E-state index in [1.807, 2.05) is 0 Å². The van der Waals surface area contributed by atoms with Gasteiger partial charge in [0.05, 0.1) is 0 Å². The summed E-state index contributed by atoms with van der Waals surface area (Å²) in [6.07, 6.45) is 2.14. The molecule has 0 saturated carbocycles. The molecule has 5 nitrogen and oxygen atoms in total. The molecular formula is C13H30N4O. The van der Waals surface area contributed by atoms with Crippen molar-refractivity contribution >= 4 is 5.96 Å². The smallest absolute Gasteiger partial charge is 0.190 e. The number of nitrogens with zero attached hydrogens (tertiary/aromatic N) is 2. The highest BCUT2D eigenvalue weighted by atomic mass is 16.5. The highest BCUT2D eigenvalue weighted by Crippen LogP contribution is 1.89. The molecule has 0 spiro atoms. The maximum atomic E-state index is 5.00. The monoisotopic (exact) mass is 258 g/mol. The molecule has 0 saturated heterocycles. The Morgan fingerprint density at radius 2 is 1.72 bits per heavy atom. The average molecular weight is 258 g/mol. The van der Waals surface area contributed by atoms with E-state index in [1.54, 1.807) is 14.2 Å². The first-order chi connectivity index (χ1) is 8.78. The van der Waals surface area contributed by atoms with E-state index in [4.69, 9.17) is 4.74 Å². The van der Waals surface area contributed by atoms with Gasteiger partial charge in [0.15, 0.2) is 5.96 Å². The van der Waals surface area contributed by atoms with Crippen LogP contribution < -0.4 is 10.6 Å². The predicted octanol–water partition coefficient (Wildman–Crippen LogP) is 0.920. The second-order valence-corrected chi connectivity index (χ2v) is 4.15. The van der Waals surface area contributed by atoms with E-state index in [0.717, 1.165) is 58.1 Å². The van der Waals surface area contributed by atoms with Gasteiger partial charge in [-0.3, -0.25) is 4.99 Å². The fraction of sp³-hybridized carbons (Fsp3) is 0.923. The van der Waals surface area contributed by atoms with E-state index in [9.17, 15) is 0 Å². The summed E-state index contributed by atoms with van der Waals surface area (Å²) in [5.74, 6) is 0.880. The number of ether oxygens (including phenoxy) is 1. The maximum Gasteiger partial charge on any atom is 0.190 e. The van der Waals surface area contributed by atoms with Crippen LogP contribution in [0.25, 0.3) is 0 Å². The molecule has 18 heavy (non-hydrogen) atoms. The van der Waals surface area contributed by atoms with Crippen LogP contribution in [-0.4, -0.2) is 64.3 Å². The topological polar surface area (TPSA) is 48.9 Å². The zero-order valence-electron chi connectivity index (χ0n) is 12.5. The zero-order chi connectivity index (χ0) is 13.6. The molecule has 5 heteroatoms. The van der Waals surface area contributed by atoms with Gasteiger partial charge in [0, 0.05) is 33.9 Å². The Balaban J connectivity index is 3.56. The maximum absolute atomic E-state index is 5.00. The summed E-state index contributed by atoms with van der Waals surface area (Å²) < 4.78 is 5.00. The first-order valence-corrected chi connectivity index (χ1v) is 6.94. The molecule has 0 unspecified atom stereocenters. The summed E-state index contributed by atoms with van der Waals surface area (Å²) >= 11 is 0. The molecule has 0 aromatic carbocycles. The van der Waals surface area contributed by atoms with Crippen LogP contribution in [0.1, 0.15) is 26.7 Å². The van der Waals surface area contributed by atoms with Crippen LogP contribution >= 0.6 is 0 Å². The second kappa shape index (κ2) is 12.6. The fourth-order valence-corrected chi connectivity index (χ4v) is 1.69. The fourth-order valence-electron chi connectivity index (χ4n) is 1.69. The third-order valence-corrected chi connectivity index (χ3v) is 2.88. The van der Waals surface area contributed by atoms with Gasteiger partial charge >= 0.3 is 0 Å². The van der Waals surface area contributed by atoms with Gasteiger partial charge in [-0.1, -0.05) is 13.8 Å². The lowest BCUT2D eigenvalue weighted by Gasteiger charge is -2.18. The summed E-state index contributed by atoms with van der Waals surface area (Å²) in [6, 6.07) is 0. The SMILES string of the molecule is CCN(CC)CCCNC(=NC)NCCCOC. The lowest BCUT2D eigenvalue weighted by atomic mass is 10.3. The molecule has 0 fully saturated rings. The van der Waals surface area contributed by atoms with Crippen LogP contribution in [-0.2, 0) is 4.74 Å². The first kappa shape index (κ1) is 17.2. The quantitative estimate of drug-likeness (QED) is 0.347. The van der Waals surface area contributed by atoms with Crippen molar-refractivity contribution in [2.75, 3.05) is 53.5 Å². The molecule has 0 aromatic heterocycles. The van der Waals surface area contributed by atoms with E-state index in [0.29, 0.717) is 0 Å². The molecule has 0 aromatic rings. The predicted molar refractivity (Wildman–Crippen MR) is 78.3 cm³/mol. The Morgan fingerprint density at radius 3 is 2.22 bits per heavy atom. The second-order valence-electron chi connectivity index (χ2n) is 4.15. The van der Waals surface area contributed by atoms with E-state index >= 15 is 0 Å². The van der Waals surface area contributed by atoms with Gasteiger partial charge in [-0.05, 0) is 32.5 Å². The van der Waals surface area contributed by atoms with Gasteiger partial charge < -0.3 is 20.3 Å². The minimum atomic E-state index is 0.784. The molecule has 0 radical (unpaired) electrons. The van der Waals surface area contributed by atoms with Crippen LogP contribution in [0, 0.1) is 0 Å². The van der Waals surface area contributed by atoms with Crippen LogP contribution in [0.5, 0.6) is 0 Å². The van der Waals surface area contributed by atoms with E-state index in [2.05, 4.69) is 34.4 Å². The lowest BCUT2D eigenvalue weighted by molar-refractivity contribution is 0.195. The van der Waals surface area contributed by atoms with Crippen LogP contribution in [0.2, 0.25) is 0 Å². The van der Waals surface area contributed by atoms with Gasteiger partial charge in [-0.2, -0.15) is 0 Å². The van der Waals surface area contributed by atoms with Gasteiger partial charge in [-0.15, -0.1) is 0 Å². The summed E-state index contributed by atoms with van der Waals surface area (Å²) in [6.45, 7) is 10.4. The number of hydrogen-bond acceptors (Lipinski definition) is 3. The summed E-state index contributed by atoms with van der Waals surface area (Å²) in [7, 11) is 3.52. The van der Waals surface area contributed by atoms with Crippen molar-refractivity contribution in [1.82, 2.24) is 15.5 Å². The number of hydrogen-bond donors (Lipinski definition) is 2. The van der Waals surface area contributed by atoms with E-state index in [-0.39, 0.29) is 0 Å². The van der Waals surface area contributed by atoms with Gasteiger partial charge in [-0.25, -0.2) is 0 Å². The van der Waals surface area contributed by atoms with Crippen LogP contribution in [0.15, 0.2) is 4.99 Å². The zero-order valence-corrected chi connectivity index (χ0v) is 12.5. The summed E-state index contributed by atoms with van der Waals surface area (Å²) in [4.78, 5) is 6.61. The summed E-state index contributed by atoms with van der Waals surface area (Å²) in [5.41, 5.74) is 0. The highest BCUT2D eigenvalue weighted by Gasteiger charge is 1.99. The van der Waals surface area contributed by atoms with Crippen molar-refractivity contribution in [1.29, 1.82) is 0 Å². The normalized spacial score (nSPS) is 11.9. The largest absolute Gasteiger partial charge is 0.385 e. The molecule has 0 aliphatic rings. The van der Waals surface area contributed by atoms with Crippen molar-refractivity contribution in [2.24, 2.45) is 4.99 Å². The number of guanidine groups is 1. The molecule has 0 aliphatic carbocycles. The molecule has 0 heterocycles. The van der Waals surface area contributed by atoms with Crippen molar-refractivity contribution in [3.8, 4) is 0 Å². The third-order valence-electron chi connectivity index (χ3n) is 2.88. The molecule has 108 valence electrons. The van der Waals surface area contributed by atoms with Crippen molar-refractivity contribution < 1.29 is 4.74 Å². The Labute approximate surface area is 112 Å². The Morgan fingerprint density at radius 1 is 1.11 bits per heavy atom. The first-order valence-electron chi connectivity index (χ1n) is 6.94. The minimum absolute atomic E-state index is 0.784. The molecule has 0 rings (SSSR count). The standard InChI is InChI=1S/C13H30N4O/c1-5-17(6-2)11-7-9-15-13(14-3)16-10-8-12-18-4/h5-12H2,1-4H3,(H2,14,15,16). The molecule has 0 bridgehead atoms. The Hall–Kier alpha value is -0.810. The van der Waals surface area contributed by atoms with Crippen LogP contribution in [0.4, 0.5) is 0 Å². The van der Waals surface area contributed by atoms with Crippen molar-refractivity contribution in [3.05, 3.63) is 0 Å². The van der Waals surface area contributed by atoms with Gasteiger partial charge in [0.2, 0.25) is 0 Å². The molecule has 0 atom stereocenters. The molecule has 2 N–H and O–H groups in total. The number of methoxy groups -OCH3 is 1. The summed E-state index contributed by atoms with van der Waals surface area (Å²) in [5, 5.41) is 6.59. The van der Waals surface area contributed by atoms with Crippen molar-refractivity contribution in [2.45, 2.75) is 26.7 Å². The van der Waals surface area contributed by atoms with Crippen LogP contribution in [0.3, 0.4) is 0 Å². The van der Waals surface area contributed by atoms with Gasteiger partial charge in [0.1, 0.15) is 0 Å². The number of rotatable bonds is 10. The van der Waals surface area contributed by atoms with Crippen molar-refractivity contribution in [3.63, 3.8) is 0 Å². The molecule has 0 amide bonds. The lowest BCUT2D eigenvalue weighted by Crippen LogP contribution is -2.39. The van der Waals surface area contributed by atoms with E-state index in [1.165, 1.54) is 0 Å². The van der Waals surface area contributed by atoms with E-state index < -0.39 is 0 Å². The molecular weight excluding hydrogens is 228 g/mol. The Bertz CT molecular complexity index is 205. The minimum Gasteiger partial charge on any atom is -0.385 e. The van der Waals surface area contributed by atoms with Gasteiger partial charge in [0.25, 0.3) is 0 Å². The number of aliphatic imine (C=N–C) groups is 1. The average Bonchev–Trinajstić information content (AvgIpc) is 2.41. The number of nitrogens with one attached hydrogen (secondary N) is 2. The molecule has 0 aliphatic heterocycles. The third kappa shape index (κ3) is 9.24. The highest BCUT2D eigenvalue weighted by molar-refractivity contribution is 5.79.